The number of rotatable bonds is 2. The van der Waals surface area contributed by atoms with Gasteiger partial charge in [0.05, 0.1) is 5.69 Å². The van der Waals surface area contributed by atoms with E-state index in [1.165, 1.54) is 25.7 Å². The molecule has 1 aromatic rings. The van der Waals surface area contributed by atoms with Crippen LogP contribution in [-0.4, -0.2) is 33.8 Å². The molecular weight excluding hydrogens is 379 g/mol. The predicted molar refractivity (Wildman–Crippen MR) is 96.4 cm³/mol. The van der Waals surface area contributed by atoms with Crippen molar-refractivity contribution in [3.05, 3.63) is 35.5 Å². The molecule has 3 heterocycles. The average Bonchev–Trinajstić information content (AvgIpc) is 2.96. The number of nitrogens with zero attached hydrogens (tertiary/aromatic N) is 4. The number of hydrogen-bond donors (Lipinski definition) is 0. The van der Waals surface area contributed by atoms with E-state index < -0.39 is 0 Å². The number of aromatic nitrogens is 1. The van der Waals surface area contributed by atoms with E-state index in [4.69, 9.17) is 0 Å². The summed E-state index contributed by atoms with van der Waals surface area (Å²) in [5.74, 6) is 1.61. The zero-order valence-corrected chi connectivity index (χ0v) is 15.7. The first-order valence-electron chi connectivity index (χ1n) is 7.81. The summed E-state index contributed by atoms with van der Waals surface area (Å²) < 4.78 is 0. The van der Waals surface area contributed by atoms with Gasteiger partial charge in [0.15, 0.2) is 17.3 Å². The Hall–Kier alpha value is -0.521. The number of thiol groups is 1. The monoisotopic (exact) mass is 400 g/mol. The Bertz CT molecular complexity index is 518. The van der Waals surface area contributed by atoms with Gasteiger partial charge in [0.25, 0.3) is 0 Å². The van der Waals surface area contributed by atoms with Crippen molar-refractivity contribution in [3.63, 3.8) is 0 Å². The zero-order valence-electron chi connectivity index (χ0n) is 13.1. The van der Waals surface area contributed by atoms with Crippen LogP contribution in [0.2, 0.25) is 0 Å². The zero-order chi connectivity index (χ0) is 16.7. The third-order valence-electron chi connectivity index (χ3n) is 4.53. The summed E-state index contributed by atoms with van der Waals surface area (Å²) in [6.45, 7) is 4.09. The molecule has 0 radical (unpaired) electrons. The average molecular weight is 401 g/mol. The second kappa shape index (κ2) is 9.70. The van der Waals surface area contributed by atoms with Gasteiger partial charge in [-0.1, -0.05) is 6.07 Å². The summed E-state index contributed by atoms with van der Waals surface area (Å²) in [6.07, 6.45) is 7.21. The fourth-order valence-electron chi connectivity index (χ4n) is 3.27. The van der Waals surface area contributed by atoms with Crippen molar-refractivity contribution in [1.82, 2.24) is 9.88 Å². The first-order chi connectivity index (χ1) is 11.2. The first-order valence-corrected chi connectivity index (χ1v) is 9.55. The van der Waals surface area contributed by atoms with E-state index in [1.54, 1.807) is 6.20 Å². The number of halogens is 1. The van der Waals surface area contributed by atoms with Crippen molar-refractivity contribution < 1.29 is 15.1 Å². The fraction of sp³-hybridized carbons (Fsp3) is 0.562. The molecule has 0 N–H and O–H groups in total. The SMILES string of the molecule is CC(=N[N-]C(=[SH+])N1CC2CCC(CC2)C1)c1ccccn1.[Cl][Cu]. The van der Waals surface area contributed by atoms with Gasteiger partial charge in [-0.25, -0.2) is 4.90 Å². The molecule has 7 heteroatoms. The van der Waals surface area contributed by atoms with Gasteiger partial charge >= 0.3 is 25.2 Å². The number of fused-ring (bicyclic) bond motifs is 4. The van der Waals surface area contributed by atoms with Crippen LogP contribution in [0.15, 0.2) is 29.5 Å². The molecule has 0 unspecified atom stereocenters. The third kappa shape index (κ3) is 5.50. The molecule has 0 amide bonds. The van der Waals surface area contributed by atoms with Gasteiger partial charge in [0.2, 0.25) is 0 Å². The Balaban J connectivity index is 0.000000924. The molecule has 0 atom stereocenters. The second-order valence-corrected chi connectivity index (χ2v) is 6.49. The molecule has 4 rings (SSSR count). The summed E-state index contributed by atoms with van der Waals surface area (Å²) in [6, 6.07) is 5.80. The Morgan fingerprint density at radius 2 is 1.87 bits per heavy atom. The molecule has 2 bridgehead atoms. The van der Waals surface area contributed by atoms with Gasteiger partial charge in [-0.3, -0.25) is 4.98 Å². The van der Waals surface area contributed by atoms with Gasteiger partial charge in [0.1, 0.15) is 0 Å². The van der Waals surface area contributed by atoms with Crippen molar-refractivity contribution in [2.24, 2.45) is 16.9 Å². The number of hydrogen-bond acceptors (Lipinski definition) is 2. The molecule has 0 spiro atoms. The van der Waals surface area contributed by atoms with E-state index >= 15 is 0 Å². The predicted octanol–water partition coefficient (Wildman–Crippen LogP) is 3.35. The summed E-state index contributed by atoms with van der Waals surface area (Å²) in [7, 11) is 4.20. The van der Waals surface area contributed by atoms with Gasteiger partial charge in [-0.2, -0.15) is 0 Å². The molecule has 130 valence electrons. The molecule has 3 aliphatic rings. The van der Waals surface area contributed by atoms with Gasteiger partial charge in [-0.05, 0) is 56.6 Å². The first kappa shape index (κ1) is 18.8. The Labute approximate surface area is 156 Å². The van der Waals surface area contributed by atoms with Crippen molar-refractivity contribution in [3.8, 4) is 0 Å². The van der Waals surface area contributed by atoms with E-state index in [0.717, 1.165) is 41.4 Å². The van der Waals surface area contributed by atoms with E-state index in [1.807, 2.05) is 25.1 Å². The van der Waals surface area contributed by atoms with Crippen molar-refractivity contribution in [1.29, 1.82) is 0 Å². The summed E-state index contributed by atoms with van der Waals surface area (Å²) in [5.41, 5.74) is 6.00. The van der Waals surface area contributed by atoms with Crippen LogP contribution in [-0.2, 0) is 27.3 Å². The van der Waals surface area contributed by atoms with Gasteiger partial charge in [0, 0.05) is 25.0 Å². The van der Waals surface area contributed by atoms with Crippen LogP contribution in [0.4, 0.5) is 0 Å². The summed E-state index contributed by atoms with van der Waals surface area (Å²) >= 11 is 8.23. The molecule has 2 aliphatic heterocycles. The minimum absolute atomic E-state index is 0.740. The van der Waals surface area contributed by atoms with Crippen molar-refractivity contribution >= 4 is 33.1 Å². The maximum atomic E-state index is 4.57. The van der Waals surface area contributed by atoms with Gasteiger partial charge in [-0.15, -0.1) is 0 Å². The molecule has 1 saturated carbocycles. The summed E-state index contributed by atoms with van der Waals surface area (Å²) in [5, 5.41) is 5.03. The van der Waals surface area contributed by atoms with E-state index in [-0.39, 0.29) is 0 Å². The molecule has 4 nitrogen and oxygen atoms in total. The number of pyridine rings is 1. The fourth-order valence-corrected chi connectivity index (χ4v) is 3.48. The minimum atomic E-state index is 0.740. The normalized spacial score (nSPS) is 24.4. The van der Waals surface area contributed by atoms with Crippen LogP contribution in [0.1, 0.15) is 38.3 Å². The molecule has 0 aromatic carbocycles. The molecular formula is C16H22ClCuN4S. The van der Waals surface area contributed by atoms with E-state index in [0.29, 0.717) is 0 Å². The molecule has 1 aromatic heterocycles. The molecule has 1 aliphatic carbocycles. The van der Waals surface area contributed by atoms with Crippen LogP contribution in [0.5, 0.6) is 0 Å². The van der Waals surface area contributed by atoms with Crippen LogP contribution in [0.3, 0.4) is 0 Å². The van der Waals surface area contributed by atoms with E-state index in [2.05, 4.69) is 57.8 Å². The topological polar surface area (TPSA) is 42.6 Å². The van der Waals surface area contributed by atoms with E-state index in [9.17, 15) is 0 Å². The standard InChI is InChI=1S/C16H22N4S.ClH.Cu/c1-12(15-4-2-3-9-17-15)18-19-16(21)20-10-13-5-6-14(11-20)8-7-13;;/h2-4,9,13-14H,5-8,10-11H2,1H3,(H,17,19,21);1H;/q;;+1/p-1. The molecule has 23 heavy (non-hydrogen) atoms. The quantitative estimate of drug-likeness (QED) is 0.191. The van der Waals surface area contributed by atoms with Crippen molar-refractivity contribution in [2.45, 2.75) is 32.6 Å². The molecule has 3 fully saturated rings. The van der Waals surface area contributed by atoms with Crippen LogP contribution >= 0.6 is 10.1 Å². The maximum absolute atomic E-state index is 4.57. The van der Waals surface area contributed by atoms with Crippen molar-refractivity contribution in [2.75, 3.05) is 13.1 Å². The Morgan fingerprint density at radius 3 is 2.39 bits per heavy atom. The van der Waals surface area contributed by atoms with Crippen LogP contribution < -0.4 is 0 Å². The Kier molecular flexibility index (Phi) is 7.93. The van der Waals surface area contributed by atoms with Crippen LogP contribution in [0, 0.1) is 11.8 Å². The molecule has 2 saturated heterocycles. The Morgan fingerprint density at radius 1 is 1.26 bits per heavy atom. The third-order valence-corrected chi connectivity index (χ3v) is 4.90. The van der Waals surface area contributed by atoms with Gasteiger partial charge < -0.3 is 10.5 Å². The van der Waals surface area contributed by atoms with Crippen LogP contribution in [0.25, 0.3) is 5.43 Å². The summed E-state index contributed by atoms with van der Waals surface area (Å²) in [4.78, 5) is 6.58. The second-order valence-electron chi connectivity index (χ2n) is 6.09.